The van der Waals surface area contributed by atoms with Crippen LogP contribution in [-0.4, -0.2) is 24.8 Å². The van der Waals surface area contributed by atoms with Gasteiger partial charge in [0, 0.05) is 27.1 Å². The van der Waals surface area contributed by atoms with Gasteiger partial charge in [-0.15, -0.1) is 10.2 Å². The molecule has 0 saturated heterocycles. The highest BCUT2D eigenvalue weighted by Gasteiger charge is 2.11. The molecule has 22 heavy (non-hydrogen) atoms. The first-order valence-electron chi connectivity index (χ1n) is 6.83. The predicted octanol–water partition coefficient (Wildman–Crippen LogP) is 3.70. The number of nitrogens with zero attached hydrogens (tertiary/aromatic N) is 4. The van der Waals surface area contributed by atoms with E-state index in [-0.39, 0.29) is 0 Å². The van der Waals surface area contributed by atoms with E-state index < -0.39 is 0 Å². The summed E-state index contributed by atoms with van der Waals surface area (Å²) in [4.78, 5) is 0. The molecule has 3 aromatic heterocycles. The van der Waals surface area contributed by atoms with Crippen LogP contribution in [-0.2, 0) is 0 Å². The summed E-state index contributed by atoms with van der Waals surface area (Å²) in [5, 5.41) is 15.6. The zero-order valence-corrected chi connectivity index (χ0v) is 13.9. The van der Waals surface area contributed by atoms with E-state index in [1.165, 1.54) is 5.56 Å². The monoisotopic (exact) mass is 401 g/mol. The molecule has 5 nitrogen and oxygen atoms in total. The molecule has 3 heterocycles. The first-order valence-corrected chi connectivity index (χ1v) is 7.91. The molecule has 0 bridgehead atoms. The summed E-state index contributed by atoms with van der Waals surface area (Å²) < 4.78 is 3.17. The minimum Gasteiger partial charge on any atom is -0.282 e. The molecule has 4 aromatic rings. The quantitative estimate of drug-likeness (QED) is 0.522. The Balaban J connectivity index is 1.93. The van der Waals surface area contributed by atoms with Crippen LogP contribution in [0.3, 0.4) is 0 Å². The number of pyridine rings is 1. The lowest BCUT2D eigenvalue weighted by Gasteiger charge is -2.05. The summed E-state index contributed by atoms with van der Waals surface area (Å²) in [7, 11) is 0. The van der Waals surface area contributed by atoms with Crippen LogP contribution < -0.4 is 0 Å². The highest BCUT2D eigenvalue weighted by molar-refractivity contribution is 14.1. The highest BCUT2D eigenvalue weighted by atomic mass is 127. The fourth-order valence-electron chi connectivity index (χ4n) is 2.48. The summed E-state index contributed by atoms with van der Waals surface area (Å²) in [5.74, 6) is 0.845. The standard InChI is InChI=1S/C16H12IN5/c1-10-2-3-15-20-21-16(22(15)9-10)12-6-11(7-13(17)8-12)14-4-5-18-19-14/h2-9H,1H3,(H,18,19). The van der Waals surface area contributed by atoms with Crippen molar-refractivity contribution in [3.63, 3.8) is 0 Å². The van der Waals surface area contributed by atoms with Gasteiger partial charge in [0.1, 0.15) is 0 Å². The number of aromatic nitrogens is 5. The van der Waals surface area contributed by atoms with Crippen molar-refractivity contribution in [2.75, 3.05) is 0 Å². The van der Waals surface area contributed by atoms with Crippen LogP contribution in [0.15, 0.2) is 48.8 Å². The summed E-state index contributed by atoms with van der Waals surface area (Å²) in [5.41, 5.74) is 5.14. The Morgan fingerprint density at radius 1 is 1.05 bits per heavy atom. The van der Waals surface area contributed by atoms with Gasteiger partial charge < -0.3 is 0 Å². The number of hydrogen-bond acceptors (Lipinski definition) is 3. The van der Waals surface area contributed by atoms with E-state index in [1.54, 1.807) is 6.20 Å². The number of halogens is 1. The minimum atomic E-state index is 0.845. The first kappa shape index (κ1) is 13.4. The number of benzene rings is 1. The summed E-state index contributed by atoms with van der Waals surface area (Å²) >= 11 is 2.32. The van der Waals surface area contributed by atoms with Gasteiger partial charge >= 0.3 is 0 Å². The third kappa shape index (κ3) is 2.29. The largest absolute Gasteiger partial charge is 0.282 e. The van der Waals surface area contributed by atoms with Crippen LogP contribution in [0, 0.1) is 10.5 Å². The SMILES string of the molecule is Cc1ccc2nnc(-c3cc(I)cc(-c4ccn[nH]4)c3)n2c1. The van der Waals surface area contributed by atoms with Crippen LogP contribution in [0.5, 0.6) is 0 Å². The maximum Gasteiger partial charge on any atom is 0.168 e. The molecule has 1 N–H and O–H groups in total. The second-order valence-electron chi connectivity index (χ2n) is 5.16. The number of fused-ring (bicyclic) bond motifs is 1. The Bertz CT molecular complexity index is 956. The molecule has 0 spiro atoms. The number of nitrogens with one attached hydrogen (secondary N) is 1. The van der Waals surface area contributed by atoms with Gasteiger partial charge in [0.05, 0.1) is 5.69 Å². The smallest absolute Gasteiger partial charge is 0.168 e. The van der Waals surface area contributed by atoms with Crippen LogP contribution in [0.4, 0.5) is 0 Å². The maximum atomic E-state index is 4.35. The second-order valence-corrected chi connectivity index (χ2v) is 6.40. The molecule has 0 unspecified atom stereocenters. The average Bonchev–Trinajstić information content (AvgIpc) is 3.16. The number of H-pyrrole nitrogens is 1. The first-order chi connectivity index (χ1) is 10.7. The second kappa shape index (κ2) is 5.20. The van der Waals surface area contributed by atoms with E-state index in [9.17, 15) is 0 Å². The van der Waals surface area contributed by atoms with Crippen molar-refractivity contribution in [1.82, 2.24) is 24.8 Å². The molecule has 1 aromatic carbocycles. The van der Waals surface area contributed by atoms with Gasteiger partial charge in [0.25, 0.3) is 0 Å². The Morgan fingerprint density at radius 2 is 1.91 bits per heavy atom. The molecule has 0 fully saturated rings. The van der Waals surface area contributed by atoms with Crippen molar-refractivity contribution in [2.45, 2.75) is 6.92 Å². The van der Waals surface area contributed by atoms with E-state index in [1.807, 2.05) is 22.6 Å². The van der Waals surface area contributed by atoms with Crippen molar-refractivity contribution < 1.29 is 0 Å². The molecular formula is C16H12IN5. The Labute approximate surface area is 140 Å². The number of aromatic amines is 1. The summed E-state index contributed by atoms with van der Waals surface area (Å²) in [6, 6.07) is 12.3. The van der Waals surface area contributed by atoms with Gasteiger partial charge in [-0.3, -0.25) is 9.50 Å². The van der Waals surface area contributed by atoms with Crippen molar-refractivity contribution in [1.29, 1.82) is 0 Å². The lowest BCUT2D eigenvalue weighted by atomic mass is 10.1. The molecule has 108 valence electrons. The predicted molar refractivity (Wildman–Crippen MR) is 93.5 cm³/mol. The summed E-state index contributed by atoms with van der Waals surface area (Å²) in [6.45, 7) is 2.06. The molecule has 0 saturated carbocycles. The number of aryl methyl sites for hydroxylation is 1. The molecule has 4 rings (SSSR count). The molecule has 0 aliphatic heterocycles. The highest BCUT2D eigenvalue weighted by Crippen LogP contribution is 2.27. The minimum absolute atomic E-state index is 0.845. The Hall–Kier alpha value is -2.22. The normalized spacial score (nSPS) is 11.2. The molecule has 0 amide bonds. The van der Waals surface area contributed by atoms with Crippen LogP contribution >= 0.6 is 22.6 Å². The lowest BCUT2D eigenvalue weighted by Crippen LogP contribution is -1.92. The van der Waals surface area contributed by atoms with E-state index >= 15 is 0 Å². The third-order valence-corrected chi connectivity index (χ3v) is 4.14. The average molecular weight is 401 g/mol. The maximum absolute atomic E-state index is 4.35. The third-order valence-electron chi connectivity index (χ3n) is 3.52. The van der Waals surface area contributed by atoms with E-state index in [0.717, 1.165) is 31.9 Å². The molecular weight excluding hydrogens is 389 g/mol. The molecule has 0 radical (unpaired) electrons. The zero-order chi connectivity index (χ0) is 15.1. The van der Waals surface area contributed by atoms with Gasteiger partial charge in [-0.25, -0.2) is 0 Å². The summed E-state index contributed by atoms with van der Waals surface area (Å²) in [6.07, 6.45) is 3.81. The van der Waals surface area contributed by atoms with E-state index in [4.69, 9.17) is 0 Å². The van der Waals surface area contributed by atoms with Crippen molar-refractivity contribution in [3.8, 4) is 22.6 Å². The molecule has 6 heteroatoms. The zero-order valence-electron chi connectivity index (χ0n) is 11.8. The van der Waals surface area contributed by atoms with Gasteiger partial charge in [-0.2, -0.15) is 5.10 Å². The van der Waals surface area contributed by atoms with Crippen molar-refractivity contribution in [2.24, 2.45) is 0 Å². The number of rotatable bonds is 2. The lowest BCUT2D eigenvalue weighted by molar-refractivity contribution is 1.09. The van der Waals surface area contributed by atoms with Gasteiger partial charge in [0.15, 0.2) is 11.5 Å². The van der Waals surface area contributed by atoms with Crippen molar-refractivity contribution >= 4 is 28.2 Å². The Morgan fingerprint density at radius 3 is 2.73 bits per heavy atom. The Kier molecular flexibility index (Phi) is 3.18. The van der Waals surface area contributed by atoms with Crippen molar-refractivity contribution in [3.05, 3.63) is 57.9 Å². The fraction of sp³-hybridized carbons (Fsp3) is 0.0625. The van der Waals surface area contributed by atoms with Gasteiger partial charge in [-0.1, -0.05) is 6.07 Å². The molecule has 0 aliphatic carbocycles. The number of hydrogen-bond donors (Lipinski definition) is 1. The van der Waals surface area contributed by atoms with Crippen LogP contribution in [0.2, 0.25) is 0 Å². The molecule has 0 atom stereocenters. The van der Waals surface area contributed by atoms with Gasteiger partial charge in [0.2, 0.25) is 0 Å². The molecule has 0 aliphatic rings. The van der Waals surface area contributed by atoms with Crippen LogP contribution in [0.25, 0.3) is 28.3 Å². The topological polar surface area (TPSA) is 58.9 Å². The van der Waals surface area contributed by atoms with E-state index in [2.05, 4.69) is 74.3 Å². The fourth-order valence-corrected chi connectivity index (χ4v) is 3.16. The van der Waals surface area contributed by atoms with Crippen LogP contribution in [0.1, 0.15) is 5.56 Å². The van der Waals surface area contributed by atoms with E-state index in [0.29, 0.717) is 0 Å². The van der Waals surface area contributed by atoms with Gasteiger partial charge in [-0.05, 0) is 65.4 Å².